The number of rotatable bonds is 7. The summed E-state index contributed by atoms with van der Waals surface area (Å²) in [5.74, 6) is -0.434. The topological polar surface area (TPSA) is 84.2 Å². The van der Waals surface area contributed by atoms with E-state index in [-0.39, 0.29) is 30.1 Å². The van der Waals surface area contributed by atoms with Crippen LogP contribution < -0.4 is 16.4 Å². The van der Waals surface area contributed by atoms with Crippen LogP contribution in [0.1, 0.15) is 43.5 Å². The van der Waals surface area contributed by atoms with Crippen molar-refractivity contribution in [3.63, 3.8) is 0 Å². The summed E-state index contributed by atoms with van der Waals surface area (Å²) in [5.41, 5.74) is 6.87. The number of hydrogen-bond donors (Lipinski definition) is 3. The Balaban J connectivity index is 2.12. The Hall–Kier alpha value is -2.89. The van der Waals surface area contributed by atoms with Gasteiger partial charge in [0.05, 0.1) is 18.5 Å². The number of benzene rings is 2. The lowest BCUT2D eigenvalue weighted by molar-refractivity contribution is -0.122. The second-order valence-electron chi connectivity index (χ2n) is 6.52. The third-order valence-electron chi connectivity index (χ3n) is 4.12. The van der Waals surface area contributed by atoms with Crippen molar-refractivity contribution in [2.75, 3.05) is 0 Å². The number of amides is 3. The van der Waals surface area contributed by atoms with Crippen molar-refractivity contribution >= 4 is 11.9 Å². The van der Waals surface area contributed by atoms with Gasteiger partial charge in [0.15, 0.2) is 0 Å². The molecule has 0 fully saturated rings. The highest BCUT2D eigenvalue weighted by atomic mass is 19.1. The lowest BCUT2D eigenvalue weighted by atomic mass is 9.95. The lowest BCUT2D eigenvalue weighted by Gasteiger charge is -2.25. The van der Waals surface area contributed by atoms with Crippen molar-refractivity contribution in [2.24, 2.45) is 11.7 Å². The third kappa shape index (κ3) is 5.58. The van der Waals surface area contributed by atoms with Crippen molar-refractivity contribution in [1.82, 2.24) is 10.6 Å². The van der Waals surface area contributed by atoms with Crippen LogP contribution in [0.3, 0.4) is 0 Å². The van der Waals surface area contributed by atoms with Crippen molar-refractivity contribution in [2.45, 2.75) is 32.4 Å². The summed E-state index contributed by atoms with van der Waals surface area (Å²) >= 11 is 0. The molecule has 0 aliphatic heterocycles. The zero-order valence-electron chi connectivity index (χ0n) is 14.9. The Bertz CT molecular complexity index is 732. The van der Waals surface area contributed by atoms with Gasteiger partial charge in [0.25, 0.3) is 0 Å². The molecule has 5 nitrogen and oxygen atoms in total. The molecular weight excluding hydrogens is 333 g/mol. The van der Waals surface area contributed by atoms with E-state index in [1.165, 1.54) is 12.1 Å². The van der Waals surface area contributed by atoms with Crippen LogP contribution in [-0.2, 0) is 4.79 Å². The fraction of sp³-hybridized carbons (Fsp3) is 0.300. The normalized spacial score (nSPS) is 13.1. The van der Waals surface area contributed by atoms with E-state index in [4.69, 9.17) is 5.73 Å². The zero-order valence-corrected chi connectivity index (χ0v) is 14.9. The number of nitrogens with two attached hydrogens (primary N) is 1. The predicted molar refractivity (Wildman–Crippen MR) is 98.6 cm³/mol. The molecule has 0 bridgehead atoms. The van der Waals surface area contributed by atoms with Gasteiger partial charge in [-0.3, -0.25) is 4.79 Å². The van der Waals surface area contributed by atoms with Gasteiger partial charge in [-0.2, -0.15) is 0 Å². The molecule has 2 atom stereocenters. The van der Waals surface area contributed by atoms with Crippen molar-refractivity contribution in [3.8, 4) is 0 Å². The summed E-state index contributed by atoms with van der Waals surface area (Å²) in [6.45, 7) is 3.95. The molecule has 0 spiro atoms. The first-order valence-electron chi connectivity index (χ1n) is 8.52. The van der Waals surface area contributed by atoms with Gasteiger partial charge in [0, 0.05) is 0 Å². The summed E-state index contributed by atoms with van der Waals surface area (Å²) in [6.07, 6.45) is 0.0529. The molecule has 0 heterocycles. The van der Waals surface area contributed by atoms with Crippen LogP contribution >= 0.6 is 0 Å². The number of carbonyl (C=O) groups excluding carboxylic acids is 2. The maximum atomic E-state index is 13.2. The summed E-state index contributed by atoms with van der Waals surface area (Å²) in [7, 11) is 0. The van der Waals surface area contributed by atoms with E-state index in [9.17, 15) is 14.0 Å². The van der Waals surface area contributed by atoms with Crippen LogP contribution in [0.4, 0.5) is 9.18 Å². The molecule has 0 radical (unpaired) electrons. The lowest BCUT2D eigenvalue weighted by Crippen LogP contribution is -2.38. The Kier molecular flexibility index (Phi) is 6.72. The molecule has 0 unspecified atom stereocenters. The zero-order chi connectivity index (χ0) is 19.1. The summed E-state index contributed by atoms with van der Waals surface area (Å²) in [6, 6.07) is 13.8. The van der Waals surface area contributed by atoms with E-state index >= 15 is 0 Å². The van der Waals surface area contributed by atoms with E-state index in [1.54, 1.807) is 12.1 Å². The first-order valence-corrected chi connectivity index (χ1v) is 8.52. The second-order valence-corrected chi connectivity index (χ2v) is 6.52. The third-order valence-corrected chi connectivity index (χ3v) is 4.12. The molecule has 0 aromatic heterocycles. The smallest absolute Gasteiger partial charge is 0.312 e. The highest BCUT2D eigenvalue weighted by Gasteiger charge is 2.22. The summed E-state index contributed by atoms with van der Waals surface area (Å²) < 4.78 is 13.2. The van der Waals surface area contributed by atoms with E-state index in [2.05, 4.69) is 10.6 Å². The van der Waals surface area contributed by atoms with E-state index in [1.807, 2.05) is 44.2 Å². The number of hydrogen-bond acceptors (Lipinski definition) is 2. The Labute approximate surface area is 152 Å². The van der Waals surface area contributed by atoms with Crippen LogP contribution in [0.5, 0.6) is 0 Å². The number of halogens is 1. The van der Waals surface area contributed by atoms with Gasteiger partial charge in [0.2, 0.25) is 5.91 Å². The van der Waals surface area contributed by atoms with Gasteiger partial charge >= 0.3 is 6.03 Å². The molecule has 2 aromatic rings. The van der Waals surface area contributed by atoms with Gasteiger partial charge in [-0.25, -0.2) is 9.18 Å². The quantitative estimate of drug-likeness (QED) is 0.709. The molecule has 0 aliphatic rings. The molecule has 138 valence electrons. The van der Waals surface area contributed by atoms with Crippen LogP contribution in [0.2, 0.25) is 0 Å². The first-order chi connectivity index (χ1) is 12.4. The predicted octanol–water partition coefficient (Wildman–Crippen LogP) is 3.44. The fourth-order valence-corrected chi connectivity index (χ4v) is 2.83. The highest BCUT2D eigenvalue weighted by molar-refractivity contribution is 5.79. The van der Waals surface area contributed by atoms with Gasteiger partial charge in [-0.05, 0) is 29.2 Å². The summed E-state index contributed by atoms with van der Waals surface area (Å²) in [4.78, 5) is 23.9. The molecule has 4 N–H and O–H groups in total. The maximum absolute atomic E-state index is 13.2. The molecular formula is C20H24FN3O2. The molecule has 3 amide bonds. The first kappa shape index (κ1) is 19.4. The number of urea groups is 1. The Morgan fingerprint density at radius 2 is 1.58 bits per heavy atom. The molecule has 0 aliphatic carbocycles. The number of primary amides is 1. The summed E-state index contributed by atoms with van der Waals surface area (Å²) in [5, 5.41) is 5.58. The van der Waals surface area contributed by atoms with Crippen LogP contribution in [0.25, 0.3) is 0 Å². The van der Waals surface area contributed by atoms with Gasteiger partial charge in [-0.1, -0.05) is 56.3 Å². The maximum Gasteiger partial charge on any atom is 0.312 e. The average molecular weight is 357 g/mol. The SMILES string of the molecule is CC(C)[C@@H](NC(=O)C[C@H](NC(N)=O)c1ccccc1)c1ccc(F)cc1. The second kappa shape index (κ2) is 8.99. The van der Waals surface area contributed by atoms with E-state index in [0.717, 1.165) is 11.1 Å². The molecule has 2 rings (SSSR count). The van der Waals surface area contributed by atoms with Crippen molar-refractivity contribution in [1.29, 1.82) is 0 Å². The van der Waals surface area contributed by atoms with Crippen LogP contribution in [0, 0.1) is 11.7 Å². The number of carbonyl (C=O) groups is 2. The minimum Gasteiger partial charge on any atom is -0.352 e. The highest BCUT2D eigenvalue weighted by Crippen LogP contribution is 2.23. The van der Waals surface area contributed by atoms with E-state index in [0.29, 0.717) is 0 Å². The van der Waals surface area contributed by atoms with Gasteiger partial charge < -0.3 is 16.4 Å². The molecule has 0 saturated heterocycles. The molecule has 0 saturated carbocycles. The largest absolute Gasteiger partial charge is 0.352 e. The minimum absolute atomic E-state index is 0.0529. The Morgan fingerprint density at radius 3 is 2.12 bits per heavy atom. The molecule has 26 heavy (non-hydrogen) atoms. The van der Waals surface area contributed by atoms with Crippen LogP contribution in [-0.4, -0.2) is 11.9 Å². The van der Waals surface area contributed by atoms with Gasteiger partial charge in [0.1, 0.15) is 5.82 Å². The minimum atomic E-state index is -0.689. The average Bonchev–Trinajstić information content (AvgIpc) is 2.60. The van der Waals surface area contributed by atoms with E-state index < -0.39 is 12.1 Å². The monoisotopic (exact) mass is 357 g/mol. The van der Waals surface area contributed by atoms with Gasteiger partial charge in [-0.15, -0.1) is 0 Å². The number of nitrogens with one attached hydrogen (secondary N) is 2. The van der Waals surface area contributed by atoms with Crippen molar-refractivity contribution in [3.05, 3.63) is 71.5 Å². The Morgan fingerprint density at radius 1 is 0.962 bits per heavy atom. The van der Waals surface area contributed by atoms with Crippen LogP contribution in [0.15, 0.2) is 54.6 Å². The standard InChI is InChI=1S/C20H24FN3O2/c1-13(2)19(15-8-10-16(21)11-9-15)24-18(25)12-17(23-20(22)26)14-6-4-3-5-7-14/h3-11,13,17,19H,12H2,1-2H3,(H,24,25)(H3,22,23,26)/t17-,19+/m0/s1. The fourth-order valence-electron chi connectivity index (χ4n) is 2.83. The molecule has 2 aromatic carbocycles. The molecule has 6 heteroatoms. The van der Waals surface area contributed by atoms with Crippen molar-refractivity contribution < 1.29 is 14.0 Å².